The van der Waals surface area contributed by atoms with Crippen LogP contribution in [0.3, 0.4) is 0 Å². The summed E-state index contributed by atoms with van der Waals surface area (Å²) >= 11 is 5.48. The summed E-state index contributed by atoms with van der Waals surface area (Å²) in [5.41, 5.74) is 3.05. The van der Waals surface area contributed by atoms with Crippen LogP contribution >= 0.6 is 12.2 Å². The highest BCUT2D eigenvalue weighted by atomic mass is 32.1. The van der Waals surface area contributed by atoms with Gasteiger partial charge in [-0.2, -0.15) is 0 Å². The topological polar surface area (TPSA) is 24.5 Å². The number of nitrogens with zero attached hydrogens (tertiary/aromatic N) is 1. The van der Waals surface area contributed by atoms with Crippen LogP contribution in [0.5, 0.6) is 5.75 Å². The number of hydrogen-bond acceptors (Lipinski definition) is 2. The molecule has 1 aliphatic rings. The molecular weight excluding hydrogens is 399 g/mol. The predicted octanol–water partition coefficient (Wildman–Crippen LogP) is 6.11. The number of hydrogen-bond donors (Lipinski definition) is 1. The normalized spacial score (nSPS) is 17.6. The maximum Gasteiger partial charge on any atom is 0.250 e. The molecule has 0 saturated carbocycles. The summed E-state index contributed by atoms with van der Waals surface area (Å²) in [6.07, 6.45) is 2.01. The zero-order valence-electron chi connectivity index (χ0n) is 17.9. The van der Waals surface area contributed by atoms with E-state index >= 15 is 0 Å². The third kappa shape index (κ3) is 4.70. The number of thiocarbonyl (C=S) groups is 1. The summed E-state index contributed by atoms with van der Waals surface area (Å²) in [6.45, 7) is 11.2. The standard InChI is InChI=1S/C23H29FN2OSSi/c1-23(2,3)29(5,6)27-19-9-7-8-17(14-19)21-20(15-26(4)22(28)25-21)16-10-12-18(24)13-11-16/h7-15,21H,1-6H3,(H,25,28). The van der Waals surface area contributed by atoms with Crippen LogP contribution in [-0.4, -0.2) is 25.4 Å². The van der Waals surface area contributed by atoms with Gasteiger partial charge < -0.3 is 14.6 Å². The Bertz CT molecular complexity index is 935. The van der Waals surface area contributed by atoms with Crippen molar-refractivity contribution in [2.75, 3.05) is 7.05 Å². The third-order valence-corrected chi connectivity index (χ3v) is 10.5. The Morgan fingerprint density at radius 3 is 2.38 bits per heavy atom. The highest BCUT2D eigenvalue weighted by molar-refractivity contribution is 7.80. The molecule has 3 nitrogen and oxygen atoms in total. The van der Waals surface area contributed by atoms with Gasteiger partial charge in [-0.15, -0.1) is 0 Å². The van der Waals surface area contributed by atoms with E-state index in [1.807, 2.05) is 30.3 Å². The first kappa shape index (κ1) is 21.5. The minimum Gasteiger partial charge on any atom is -0.543 e. The minimum atomic E-state index is -1.94. The van der Waals surface area contributed by atoms with E-state index in [9.17, 15) is 4.39 Å². The molecule has 3 rings (SSSR count). The van der Waals surface area contributed by atoms with Gasteiger partial charge in [-0.1, -0.05) is 45.0 Å². The van der Waals surface area contributed by atoms with E-state index in [-0.39, 0.29) is 16.9 Å². The van der Waals surface area contributed by atoms with Crippen molar-refractivity contribution in [3.8, 4) is 5.75 Å². The van der Waals surface area contributed by atoms with Crippen LogP contribution in [0.1, 0.15) is 37.9 Å². The molecule has 0 bridgehead atoms. The summed E-state index contributed by atoms with van der Waals surface area (Å²) < 4.78 is 19.9. The van der Waals surface area contributed by atoms with Gasteiger partial charge >= 0.3 is 0 Å². The fourth-order valence-electron chi connectivity index (χ4n) is 3.00. The van der Waals surface area contributed by atoms with Crippen LogP contribution in [-0.2, 0) is 0 Å². The molecule has 0 radical (unpaired) electrons. The van der Waals surface area contributed by atoms with Gasteiger partial charge in [0.1, 0.15) is 11.6 Å². The number of halogens is 1. The van der Waals surface area contributed by atoms with Crippen molar-refractivity contribution in [2.24, 2.45) is 0 Å². The quantitative estimate of drug-likeness (QED) is 0.469. The molecular formula is C23H29FN2OSSi. The summed E-state index contributed by atoms with van der Waals surface area (Å²) in [6, 6.07) is 14.6. The van der Waals surface area contributed by atoms with Crippen LogP contribution in [0.4, 0.5) is 4.39 Å². The van der Waals surface area contributed by atoms with E-state index in [0.717, 1.165) is 22.4 Å². The second-order valence-corrected chi connectivity index (χ2v) is 14.1. The molecule has 0 amide bonds. The summed E-state index contributed by atoms with van der Waals surface area (Å²) in [5, 5.41) is 4.19. The summed E-state index contributed by atoms with van der Waals surface area (Å²) in [7, 11) is -0.0318. The van der Waals surface area contributed by atoms with Crippen molar-refractivity contribution in [2.45, 2.75) is 44.9 Å². The molecule has 29 heavy (non-hydrogen) atoms. The maximum atomic E-state index is 13.4. The van der Waals surface area contributed by atoms with Gasteiger partial charge in [0, 0.05) is 18.8 Å². The van der Waals surface area contributed by atoms with Crippen molar-refractivity contribution in [1.82, 2.24) is 10.2 Å². The summed E-state index contributed by atoms with van der Waals surface area (Å²) in [4.78, 5) is 1.88. The molecule has 0 aromatic heterocycles. The first-order chi connectivity index (χ1) is 13.5. The van der Waals surface area contributed by atoms with Crippen molar-refractivity contribution in [3.05, 3.63) is 71.7 Å². The lowest BCUT2D eigenvalue weighted by molar-refractivity contribution is 0.491. The van der Waals surface area contributed by atoms with Crippen LogP contribution in [0, 0.1) is 5.82 Å². The Morgan fingerprint density at radius 1 is 1.10 bits per heavy atom. The Morgan fingerprint density at radius 2 is 1.76 bits per heavy atom. The SMILES string of the molecule is CN1C=C(c2ccc(F)cc2)C(c2cccc(O[Si](C)(C)C(C)(C)C)c2)NC1=S. The fraction of sp³-hybridized carbons (Fsp3) is 0.348. The second-order valence-electron chi connectivity index (χ2n) is 9.02. The molecule has 0 saturated heterocycles. The average molecular weight is 429 g/mol. The highest BCUT2D eigenvalue weighted by Crippen LogP contribution is 2.39. The Kier molecular flexibility index (Phi) is 5.88. The lowest BCUT2D eigenvalue weighted by atomic mass is 9.92. The van der Waals surface area contributed by atoms with Gasteiger partial charge in [0.15, 0.2) is 5.11 Å². The molecule has 0 aliphatic carbocycles. The molecule has 0 fully saturated rings. The number of rotatable bonds is 4. The molecule has 154 valence electrons. The predicted molar refractivity (Wildman–Crippen MR) is 125 cm³/mol. The largest absolute Gasteiger partial charge is 0.543 e. The first-order valence-electron chi connectivity index (χ1n) is 9.78. The molecule has 1 unspecified atom stereocenters. The van der Waals surface area contributed by atoms with Crippen LogP contribution in [0.25, 0.3) is 5.57 Å². The van der Waals surface area contributed by atoms with E-state index in [0.29, 0.717) is 5.11 Å². The molecule has 6 heteroatoms. The van der Waals surface area contributed by atoms with E-state index in [1.54, 1.807) is 12.1 Å². The Labute approximate surface area is 179 Å². The van der Waals surface area contributed by atoms with Crippen molar-refractivity contribution >= 4 is 31.2 Å². The highest BCUT2D eigenvalue weighted by Gasteiger charge is 2.39. The summed E-state index contributed by atoms with van der Waals surface area (Å²) in [5.74, 6) is 0.627. The molecule has 1 N–H and O–H groups in total. The van der Waals surface area contributed by atoms with Gasteiger partial charge in [0.05, 0.1) is 6.04 Å². The fourth-order valence-corrected chi connectivity index (χ4v) is 4.19. The Hall–Kier alpha value is -2.18. The maximum absolute atomic E-state index is 13.4. The van der Waals surface area contributed by atoms with E-state index in [2.05, 4.69) is 51.3 Å². The van der Waals surface area contributed by atoms with E-state index in [1.165, 1.54) is 12.1 Å². The molecule has 2 aromatic carbocycles. The van der Waals surface area contributed by atoms with Crippen molar-refractivity contribution in [1.29, 1.82) is 0 Å². The van der Waals surface area contributed by atoms with Crippen LogP contribution in [0.15, 0.2) is 54.7 Å². The lowest BCUT2D eigenvalue weighted by Crippen LogP contribution is -2.44. The monoisotopic (exact) mass is 428 g/mol. The first-order valence-corrected chi connectivity index (χ1v) is 13.1. The minimum absolute atomic E-state index is 0.121. The van der Waals surface area contributed by atoms with E-state index < -0.39 is 8.32 Å². The van der Waals surface area contributed by atoms with Crippen molar-refractivity contribution < 1.29 is 8.82 Å². The third-order valence-electron chi connectivity index (χ3n) is 5.78. The lowest BCUT2D eigenvalue weighted by Gasteiger charge is -2.37. The second kappa shape index (κ2) is 7.92. The molecule has 1 heterocycles. The number of benzene rings is 2. The Balaban J connectivity index is 1.98. The molecule has 1 aliphatic heterocycles. The van der Waals surface area contributed by atoms with Crippen LogP contribution in [0.2, 0.25) is 18.1 Å². The average Bonchev–Trinajstić information content (AvgIpc) is 2.63. The molecule has 1 atom stereocenters. The smallest absolute Gasteiger partial charge is 0.250 e. The zero-order chi connectivity index (χ0) is 21.4. The zero-order valence-corrected chi connectivity index (χ0v) is 19.7. The van der Waals surface area contributed by atoms with E-state index in [4.69, 9.17) is 16.6 Å². The van der Waals surface area contributed by atoms with Gasteiger partial charge in [-0.25, -0.2) is 4.39 Å². The van der Waals surface area contributed by atoms with Gasteiger partial charge in [-0.05, 0) is 65.7 Å². The number of nitrogens with one attached hydrogen (secondary N) is 1. The van der Waals surface area contributed by atoms with Crippen LogP contribution < -0.4 is 9.74 Å². The van der Waals surface area contributed by atoms with Crippen molar-refractivity contribution in [3.63, 3.8) is 0 Å². The van der Waals surface area contributed by atoms with Gasteiger partial charge in [-0.3, -0.25) is 0 Å². The molecule has 2 aromatic rings. The van der Waals surface area contributed by atoms with Gasteiger partial charge in [0.25, 0.3) is 0 Å². The molecule has 0 spiro atoms. The van der Waals surface area contributed by atoms with Gasteiger partial charge in [0.2, 0.25) is 8.32 Å².